The Morgan fingerprint density at radius 1 is 1.23 bits per heavy atom. The molecule has 0 aromatic heterocycles. The number of ketones is 1. The van der Waals surface area contributed by atoms with E-state index in [-0.39, 0.29) is 17.8 Å². The van der Waals surface area contributed by atoms with E-state index in [1.54, 1.807) is 13.8 Å². The molecule has 0 saturated carbocycles. The lowest BCUT2D eigenvalue weighted by molar-refractivity contribution is -0.151. The minimum Gasteiger partial charge on any atom is -0.468 e. The SMILES string of the molecule is COC(=O)[C@@H]1C(=O)C2=C(C[C@@H]1C)NC(C)=C(C(=O)OC(C)C)[C@@H]2c1ccccc1Br. The fourth-order valence-corrected chi connectivity index (χ4v) is 4.76. The third-order valence-corrected chi connectivity index (χ3v) is 6.24. The summed E-state index contributed by atoms with van der Waals surface area (Å²) in [5, 5.41) is 3.25. The fourth-order valence-electron chi connectivity index (χ4n) is 4.25. The van der Waals surface area contributed by atoms with Gasteiger partial charge in [-0.15, -0.1) is 0 Å². The highest BCUT2D eigenvalue weighted by atomic mass is 79.9. The van der Waals surface area contributed by atoms with Crippen molar-refractivity contribution in [2.75, 3.05) is 7.11 Å². The molecule has 0 spiro atoms. The van der Waals surface area contributed by atoms with Crippen LogP contribution in [0.1, 0.15) is 45.6 Å². The summed E-state index contributed by atoms with van der Waals surface area (Å²) in [5.41, 5.74) is 2.97. The predicted octanol–water partition coefficient (Wildman–Crippen LogP) is 4.01. The lowest BCUT2D eigenvalue weighted by atomic mass is 9.69. The number of esters is 2. The van der Waals surface area contributed by atoms with Gasteiger partial charge in [-0.1, -0.05) is 41.1 Å². The van der Waals surface area contributed by atoms with Gasteiger partial charge >= 0.3 is 11.9 Å². The Balaban J connectivity index is 2.21. The number of hydrogen-bond acceptors (Lipinski definition) is 6. The molecule has 0 radical (unpaired) electrons. The van der Waals surface area contributed by atoms with Crippen LogP contribution in [0.25, 0.3) is 0 Å². The van der Waals surface area contributed by atoms with E-state index in [1.165, 1.54) is 7.11 Å². The van der Waals surface area contributed by atoms with Crippen molar-refractivity contribution >= 4 is 33.7 Å². The monoisotopic (exact) mass is 475 g/mol. The van der Waals surface area contributed by atoms with Crippen LogP contribution in [0, 0.1) is 11.8 Å². The smallest absolute Gasteiger partial charge is 0.337 e. The quantitative estimate of drug-likeness (QED) is 0.523. The van der Waals surface area contributed by atoms with Crippen molar-refractivity contribution in [2.24, 2.45) is 11.8 Å². The molecule has 0 bridgehead atoms. The van der Waals surface area contributed by atoms with E-state index in [0.717, 1.165) is 15.7 Å². The van der Waals surface area contributed by atoms with Gasteiger partial charge in [0.15, 0.2) is 5.78 Å². The molecule has 1 aromatic rings. The minimum absolute atomic E-state index is 0.215. The van der Waals surface area contributed by atoms with Crippen LogP contribution in [0.2, 0.25) is 0 Å². The molecule has 3 rings (SSSR count). The third-order valence-electron chi connectivity index (χ3n) is 5.52. The maximum atomic E-state index is 13.6. The summed E-state index contributed by atoms with van der Waals surface area (Å²) in [7, 11) is 1.28. The van der Waals surface area contributed by atoms with Crippen LogP contribution in [0.15, 0.2) is 51.3 Å². The first-order valence-corrected chi connectivity index (χ1v) is 10.7. The van der Waals surface area contributed by atoms with Crippen LogP contribution in [-0.2, 0) is 23.9 Å². The summed E-state index contributed by atoms with van der Waals surface area (Å²) in [6, 6.07) is 7.47. The number of benzene rings is 1. The number of Topliss-reactive ketones (excluding diaryl/α,β-unsaturated/α-hetero) is 1. The maximum Gasteiger partial charge on any atom is 0.337 e. The van der Waals surface area contributed by atoms with Gasteiger partial charge in [0, 0.05) is 27.4 Å². The molecule has 6 nitrogen and oxygen atoms in total. The molecule has 1 N–H and O–H groups in total. The second kappa shape index (κ2) is 8.76. The molecule has 0 saturated heterocycles. The molecule has 1 aliphatic carbocycles. The first-order chi connectivity index (χ1) is 14.2. The van der Waals surface area contributed by atoms with Crippen molar-refractivity contribution in [3.8, 4) is 0 Å². The van der Waals surface area contributed by atoms with Crippen LogP contribution < -0.4 is 5.32 Å². The maximum absolute atomic E-state index is 13.6. The highest BCUT2D eigenvalue weighted by molar-refractivity contribution is 9.10. The van der Waals surface area contributed by atoms with Gasteiger partial charge in [-0.3, -0.25) is 9.59 Å². The van der Waals surface area contributed by atoms with Crippen LogP contribution >= 0.6 is 15.9 Å². The standard InChI is InChI=1S/C23H26BrNO5/c1-11(2)30-23(28)18-13(4)25-16-10-12(3)17(22(27)29-5)21(26)20(16)19(18)14-8-6-7-9-15(14)24/h6-9,11-12,17,19,25H,10H2,1-5H3/t12-,17-,19-/m0/s1. The molecule has 7 heteroatoms. The van der Waals surface area contributed by atoms with Crippen LogP contribution in [0.4, 0.5) is 0 Å². The summed E-state index contributed by atoms with van der Waals surface area (Å²) in [6.45, 7) is 7.23. The number of halogens is 1. The van der Waals surface area contributed by atoms with Gasteiger partial charge in [0.05, 0.1) is 18.8 Å². The first-order valence-electron chi connectivity index (χ1n) is 9.95. The van der Waals surface area contributed by atoms with E-state index in [9.17, 15) is 14.4 Å². The summed E-state index contributed by atoms with van der Waals surface area (Å²) >= 11 is 3.56. The fraction of sp³-hybridized carbons (Fsp3) is 0.435. The molecule has 2 aliphatic rings. The topological polar surface area (TPSA) is 81.7 Å². The summed E-state index contributed by atoms with van der Waals surface area (Å²) in [6.07, 6.45) is 0.198. The van der Waals surface area contributed by atoms with Crippen molar-refractivity contribution in [3.63, 3.8) is 0 Å². The number of carbonyl (C=O) groups is 3. The molecule has 1 aromatic carbocycles. The van der Waals surface area contributed by atoms with Crippen molar-refractivity contribution in [1.82, 2.24) is 5.32 Å². The highest BCUT2D eigenvalue weighted by Gasteiger charge is 2.47. The van der Waals surface area contributed by atoms with Crippen molar-refractivity contribution < 1.29 is 23.9 Å². The van der Waals surface area contributed by atoms with Crippen LogP contribution in [0.5, 0.6) is 0 Å². The number of ether oxygens (including phenoxy) is 2. The van der Waals surface area contributed by atoms with E-state index in [1.807, 2.05) is 38.1 Å². The molecule has 0 fully saturated rings. The average molecular weight is 476 g/mol. The Morgan fingerprint density at radius 2 is 1.90 bits per heavy atom. The second-order valence-corrected chi connectivity index (χ2v) is 8.87. The molecule has 160 valence electrons. The second-order valence-electron chi connectivity index (χ2n) is 8.01. The van der Waals surface area contributed by atoms with E-state index >= 15 is 0 Å². The molecule has 0 amide bonds. The number of hydrogen-bond donors (Lipinski definition) is 1. The Kier molecular flexibility index (Phi) is 6.50. The van der Waals surface area contributed by atoms with Crippen molar-refractivity contribution in [1.29, 1.82) is 0 Å². The van der Waals surface area contributed by atoms with E-state index in [0.29, 0.717) is 23.3 Å². The third kappa shape index (κ3) is 3.95. The van der Waals surface area contributed by atoms with Crippen LogP contribution in [-0.4, -0.2) is 30.9 Å². The number of methoxy groups -OCH3 is 1. The highest BCUT2D eigenvalue weighted by Crippen LogP contribution is 2.47. The number of dihydropyridines is 1. The summed E-state index contributed by atoms with van der Waals surface area (Å²) in [5.74, 6) is -3.11. The van der Waals surface area contributed by atoms with E-state index in [2.05, 4.69) is 21.2 Å². The van der Waals surface area contributed by atoms with E-state index < -0.39 is 23.8 Å². The van der Waals surface area contributed by atoms with Gasteiger partial charge in [-0.25, -0.2) is 4.79 Å². The molecule has 3 atom stereocenters. The van der Waals surface area contributed by atoms with Crippen LogP contribution in [0.3, 0.4) is 0 Å². The molecular formula is C23H26BrNO5. The Hall–Kier alpha value is -2.41. The molecule has 30 heavy (non-hydrogen) atoms. The van der Waals surface area contributed by atoms with Gasteiger partial charge in [-0.05, 0) is 44.7 Å². The predicted molar refractivity (Wildman–Crippen MR) is 115 cm³/mol. The zero-order chi connectivity index (χ0) is 22.2. The number of allylic oxidation sites excluding steroid dienone is 3. The average Bonchev–Trinajstić information content (AvgIpc) is 2.66. The van der Waals surface area contributed by atoms with Crippen molar-refractivity contribution in [2.45, 2.75) is 46.1 Å². The molecular weight excluding hydrogens is 450 g/mol. The minimum atomic E-state index is -0.902. The van der Waals surface area contributed by atoms with Gasteiger partial charge < -0.3 is 14.8 Å². The molecule has 0 unspecified atom stereocenters. The normalized spacial score (nSPS) is 23.8. The van der Waals surface area contributed by atoms with Crippen molar-refractivity contribution in [3.05, 3.63) is 56.8 Å². The molecule has 1 heterocycles. The summed E-state index contributed by atoms with van der Waals surface area (Å²) in [4.78, 5) is 39.0. The Morgan fingerprint density at radius 3 is 2.50 bits per heavy atom. The van der Waals surface area contributed by atoms with E-state index in [4.69, 9.17) is 9.47 Å². The zero-order valence-electron chi connectivity index (χ0n) is 17.7. The Labute approximate surface area is 184 Å². The summed E-state index contributed by atoms with van der Waals surface area (Å²) < 4.78 is 11.2. The Bertz CT molecular complexity index is 962. The largest absolute Gasteiger partial charge is 0.468 e. The first kappa shape index (κ1) is 22.3. The molecule has 1 aliphatic heterocycles. The van der Waals surface area contributed by atoms with Gasteiger partial charge in [0.2, 0.25) is 0 Å². The lowest BCUT2D eigenvalue weighted by Crippen LogP contribution is -2.43. The van der Waals surface area contributed by atoms with Gasteiger partial charge in [-0.2, -0.15) is 0 Å². The zero-order valence-corrected chi connectivity index (χ0v) is 19.3. The number of rotatable bonds is 4. The van der Waals surface area contributed by atoms with Gasteiger partial charge in [0.25, 0.3) is 0 Å². The lowest BCUT2D eigenvalue weighted by Gasteiger charge is -2.38. The van der Waals surface area contributed by atoms with Gasteiger partial charge in [0.1, 0.15) is 5.92 Å². The number of nitrogens with one attached hydrogen (secondary N) is 1. The number of carbonyl (C=O) groups excluding carboxylic acids is 3.